The van der Waals surface area contributed by atoms with Gasteiger partial charge < -0.3 is 5.73 Å². The van der Waals surface area contributed by atoms with Crippen LogP contribution >= 0.6 is 11.3 Å². The van der Waals surface area contributed by atoms with Crippen LogP contribution in [0.1, 0.15) is 0 Å². The highest BCUT2D eigenvalue weighted by Crippen LogP contribution is 2.28. The van der Waals surface area contributed by atoms with E-state index < -0.39 is 6.03 Å². The quantitative estimate of drug-likeness (QED) is 0.703. The van der Waals surface area contributed by atoms with Gasteiger partial charge in [0.1, 0.15) is 10.4 Å². The molecule has 0 aliphatic heterocycles. The van der Waals surface area contributed by atoms with E-state index in [1.54, 1.807) is 11.7 Å². The minimum atomic E-state index is -0.650. The fraction of sp³-hybridized carbons (Fsp3) is 0. The zero-order valence-corrected chi connectivity index (χ0v) is 9.39. The topological polar surface area (TPSA) is 86.7 Å². The Labute approximate surface area is 99.7 Å². The highest BCUT2D eigenvalue weighted by molar-refractivity contribution is 7.17. The molecule has 0 spiro atoms. The van der Waals surface area contributed by atoms with Gasteiger partial charge in [-0.2, -0.15) is 9.78 Å². The van der Waals surface area contributed by atoms with E-state index in [2.05, 4.69) is 15.1 Å². The molecule has 0 aliphatic rings. The van der Waals surface area contributed by atoms with Gasteiger partial charge in [-0.1, -0.05) is 6.07 Å². The highest BCUT2D eigenvalue weighted by atomic mass is 32.1. The number of hydrogen-bond acceptors (Lipinski definition) is 5. The van der Waals surface area contributed by atoms with Crippen LogP contribution in [-0.4, -0.2) is 25.8 Å². The molecular weight excluding hydrogens is 238 g/mol. The standard InChI is InChI=1S/C10H7N5OS/c11-10(16)15-9-8(17-5-13-9)7(14-15)6-3-1-2-4-12-6/h1-5H,(H2,11,16). The first-order chi connectivity index (χ1) is 8.27. The number of carbonyl (C=O) groups is 1. The number of rotatable bonds is 1. The molecule has 0 aromatic carbocycles. The normalized spacial score (nSPS) is 10.8. The number of primary amides is 1. The Kier molecular flexibility index (Phi) is 2.12. The average Bonchev–Trinajstić information content (AvgIpc) is 2.90. The highest BCUT2D eigenvalue weighted by Gasteiger charge is 2.17. The van der Waals surface area contributed by atoms with Crippen LogP contribution < -0.4 is 5.73 Å². The first kappa shape index (κ1) is 9.91. The SMILES string of the molecule is NC(=O)n1nc(-c2ccccn2)c2scnc21. The van der Waals surface area contributed by atoms with Crippen LogP contribution in [0.25, 0.3) is 21.7 Å². The Morgan fingerprint density at radius 3 is 2.94 bits per heavy atom. The largest absolute Gasteiger partial charge is 0.350 e. The number of pyridine rings is 1. The Hall–Kier alpha value is -2.28. The van der Waals surface area contributed by atoms with Gasteiger partial charge in [0.2, 0.25) is 0 Å². The fourth-order valence-electron chi connectivity index (χ4n) is 1.57. The number of aromatic nitrogens is 4. The summed E-state index contributed by atoms with van der Waals surface area (Å²) in [6, 6.07) is 4.85. The van der Waals surface area contributed by atoms with Crippen LogP contribution in [0.4, 0.5) is 4.79 Å². The van der Waals surface area contributed by atoms with Crippen LogP contribution in [0.2, 0.25) is 0 Å². The molecule has 0 fully saturated rings. The molecule has 3 heterocycles. The number of fused-ring (bicyclic) bond motifs is 1. The first-order valence-electron chi connectivity index (χ1n) is 4.81. The zero-order chi connectivity index (χ0) is 11.8. The third kappa shape index (κ3) is 1.48. The summed E-state index contributed by atoms with van der Waals surface area (Å²) in [7, 11) is 0. The van der Waals surface area contributed by atoms with Crippen molar-refractivity contribution in [3.63, 3.8) is 0 Å². The summed E-state index contributed by atoms with van der Waals surface area (Å²) < 4.78 is 1.90. The van der Waals surface area contributed by atoms with Gasteiger partial charge in [-0.05, 0) is 12.1 Å². The maximum Gasteiger partial charge on any atom is 0.341 e. The lowest BCUT2D eigenvalue weighted by molar-refractivity contribution is 0.248. The van der Waals surface area contributed by atoms with E-state index in [1.807, 2.05) is 18.2 Å². The molecule has 2 N–H and O–H groups in total. The summed E-state index contributed by atoms with van der Waals surface area (Å²) in [5.74, 6) is 0. The van der Waals surface area contributed by atoms with Crippen molar-refractivity contribution in [2.75, 3.05) is 0 Å². The van der Waals surface area contributed by atoms with Crippen molar-refractivity contribution in [2.24, 2.45) is 5.73 Å². The lowest BCUT2D eigenvalue weighted by Gasteiger charge is -1.94. The van der Waals surface area contributed by atoms with E-state index in [0.717, 1.165) is 9.38 Å². The molecule has 3 rings (SSSR count). The van der Waals surface area contributed by atoms with Gasteiger partial charge in [-0.15, -0.1) is 11.3 Å². The second-order valence-electron chi connectivity index (χ2n) is 3.32. The number of carbonyl (C=O) groups excluding carboxylic acids is 1. The van der Waals surface area contributed by atoms with Crippen molar-refractivity contribution < 1.29 is 4.79 Å². The summed E-state index contributed by atoms with van der Waals surface area (Å²) in [6.45, 7) is 0. The molecule has 84 valence electrons. The molecule has 0 saturated heterocycles. The van der Waals surface area contributed by atoms with Crippen molar-refractivity contribution in [3.05, 3.63) is 29.9 Å². The number of nitrogens with two attached hydrogens (primary N) is 1. The van der Waals surface area contributed by atoms with Gasteiger partial charge in [-0.3, -0.25) is 4.98 Å². The predicted octanol–water partition coefficient (Wildman–Crippen LogP) is 1.48. The number of amides is 1. The monoisotopic (exact) mass is 245 g/mol. The van der Waals surface area contributed by atoms with Crippen molar-refractivity contribution in [2.45, 2.75) is 0 Å². The Bertz CT molecular complexity index is 687. The average molecular weight is 245 g/mol. The summed E-state index contributed by atoms with van der Waals surface area (Å²) in [5.41, 5.74) is 8.69. The van der Waals surface area contributed by atoms with E-state index in [1.165, 1.54) is 11.3 Å². The van der Waals surface area contributed by atoms with Crippen LogP contribution in [-0.2, 0) is 0 Å². The number of thiazole rings is 1. The third-order valence-electron chi connectivity index (χ3n) is 2.28. The summed E-state index contributed by atoms with van der Waals surface area (Å²) in [5, 5.41) is 4.15. The van der Waals surface area contributed by atoms with E-state index in [4.69, 9.17) is 5.73 Å². The molecule has 0 saturated carbocycles. The minimum Gasteiger partial charge on any atom is -0.350 e. The lowest BCUT2D eigenvalue weighted by Crippen LogP contribution is -2.20. The molecule has 3 aromatic heterocycles. The molecular formula is C10H7N5OS. The molecule has 0 radical (unpaired) electrons. The van der Waals surface area contributed by atoms with Gasteiger partial charge in [0.05, 0.1) is 11.2 Å². The van der Waals surface area contributed by atoms with Gasteiger partial charge >= 0.3 is 6.03 Å². The number of hydrogen-bond donors (Lipinski definition) is 1. The maximum absolute atomic E-state index is 11.2. The first-order valence-corrected chi connectivity index (χ1v) is 5.69. The Morgan fingerprint density at radius 1 is 1.35 bits per heavy atom. The molecule has 0 atom stereocenters. The van der Waals surface area contributed by atoms with Gasteiger partial charge in [0, 0.05) is 6.20 Å². The number of nitrogens with zero attached hydrogens (tertiary/aromatic N) is 4. The zero-order valence-electron chi connectivity index (χ0n) is 8.57. The second kappa shape index (κ2) is 3.63. The Morgan fingerprint density at radius 2 is 2.24 bits per heavy atom. The molecule has 0 unspecified atom stereocenters. The molecule has 6 nitrogen and oxygen atoms in total. The molecule has 17 heavy (non-hydrogen) atoms. The molecule has 0 bridgehead atoms. The third-order valence-corrected chi connectivity index (χ3v) is 3.10. The lowest BCUT2D eigenvalue weighted by atomic mass is 10.3. The van der Waals surface area contributed by atoms with Crippen LogP contribution in [0, 0.1) is 0 Å². The van der Waals surface area contributed by atoms with Crippen molar-refractivity contribution in [1.82, 2.24) is 19.7 Å². The summed E-state index contributed by atoms with van der Waals surface area (Å²) >= 11 is 1.40. The fourth-order valence-corrected chi connectivity index (χ4v) is 2.33. The molecule has 1 amide bonds. The van der Waals surface area contributed by atoms with E-state index >= 15 is 0 Å². The predicted molar refractivity (Wildman–Crippen MR) is 63.6 cm³/mol. The van der Waals surface area contributed by atoms with E-state index in [-0.39, 0.29) is 0 Å². The van der Waals surface area contributed by atoms with Gasteiger partial charge in [0.25, 0.3) is 0 Å². The maximum atomic E-state index is 11.2. The van der Waals surface area contributed by atoms with Gasteiger partial charge in [0.15, 0.2) is 5.65 Å². The van der Waals surface area contributed by atoms with Crippen molar-refractivity contribution in [3.8, 4) is 11.4 Å². The van der Waals surface area contributed by atoms with Gasteiger partial charge in [-0.25, -0.2) is 9.78 Å². The van der Waals surface area contributed by atoms with Crippen LogP contribution in [0.3, 0.4) is 0 Å². The summed E-state index contributed by atoms with van der Waals surface area (Å²) in [6.07, 6.45) is 1.67. The summed E-state index contributed by atoms with van der Waals surface area (Å²) in [4.78, 5) is 19.5. The molecule has 0 aliphatic carbocycles. The Balaban J connectivity index is 2.31. The van der Waals surface area contributed by atoms with E-state index in [9.17, 15) is 4.79 Å². The van der Waals surface area contributed by atoms with Crippen LogP contribution in [0.15, 0.2) is 29.9 Å². The second-order valence-corrected chi connectivity index (χ2v) is 4.17. The smallest absolute Gasteiger partial charge is 0.341 e. The van der Waals surface area contributed by atoms with Crippen LogP contribution in [0.5, 0.6) is 0 Å². The van der Waals surface area contributed by atoms with Crippen molar-refractivity contribution in [1.29, 1.82) is 0 Å². The van der Waals surface area contributed by atoms with Crippen molar-refractivity contribution >= 4 is 27.7 Å². The minimum absolute atomic E-state index is 0.475. The molecule has 7 heteroatoms. The van der Waals surface area contributed by atoms with E-state index in [0.29, 0.717) is 17.0 Å². The molecule has 3 aromatic rings.